The number of nitrogens with zero attached hydrogens (tertiary/aromatic N) is 3. The average molecular weight is 322 g/mol. The van der Waals surface area contributed by atoms with Crippen LogP contribution >= 0.6 is 0 Å². The topological polar surface area (TPSA) is 101 Å². The summed E-state index contributed by atoms with van der Waals surface area (Å²) in [5, 5.41) is 26.2. The van der Waals surface area contributed by atoms with Crippen molar-refractivity contribution >= 4 is 11.7 Å². The van der Waals surface area contributed by atoms with Gasteiger partial charge in [0.05, 0.1) is 16.3 Å². The molecule has 0 aliphatic rings. The van der Waals surface area contributed by atoms with E-state index in [0.717, 1.165) is 5.69 Å². The lowest BCUT2D eigenvalue weighted by Crippen LogP contribution is -2.24. The second-order valence-corrected chi connectivity index (χ2v) is 5.14. The van der Waals surface area contributed by atoms with Crippen molar-refractivity contribution in [1.82, 2.24) is 9.78 Å². The van der Waals surface area contributed by atoms with Crippen molar-refractivity contribution in [3.05, 3.63) is 76.5 Å². The van der Waals surface area contributed by atoms with E-state index in [9.17, 15) is 20.0 Å². The number of nitro groups is 1. The van der Waals surface area contributed by atoms with Crippen LogP contribution in [0.4, 0.5) is 5.69 Å². The van der Waals surface area contributed by atoms with E-state index < -0.39 is 10.9 Å². The Bertz CT molecular complexity index is 886. The minimum Gasteiger partial charge on any atom is -0.550 e. The Morgan fingerprint density at radius 3 is 2.33 bits per heavy atom. The quantitative estimate of drug-likeness (QED) is 0.526. The van der Waals surface area contributed by atoms with Gasteiger partial charge in [-0.15, -0.1) is 0 Å². The zero-order chi connectivity index (χ0) is 17.1. The van der Waals surface area contributed by atoms with Gasteiger partial charge in [-0.3, -0.25) is 10.1 Å². The number of rotatable bonds is 5. The second-order valence-electron chi connectivity index (χ2n) is 5.14. The van der Waals surface area contributed by atoms with Gasteiger partial charge in [0.15, 0.2) is 0 Å². The molecule has 0 saturated heterocycles. The Hall–Kier alpha value is -3.48. The van der Waals surface area contributed by atoms with Gasteiger partial charge in [-0.05, 0) is 24.3 Å². The molecule has 120 valence electrons. The number of carbonyl (C=O) groups is 1. The van der Waals surface area contributed by atoms with Crippen molar-refractivity contribution in [3.63, 3.8) is 0 Å². The minimum atomic E-state index is -1.22. The fraction of sp³-hybridized carbons (Fsp3) is 0.0588. The van der Waals surface area contributed by atoms with Gasteiger partial charge in [0.1, 0.15) is 0 Å². The summed E-state index contributed by atoms with van der Waals surface area (Å²) in [6, 6.07) is 15.1. The maximum absolute atomic E-state index is 11.0. The molecule has 0 fully saturated rings. The van der Waals surface area contributed by atoms with E-state index in [1.165, 1.54) is 12.1 Å². The van der Waals surface area contributed by atoms with E-state index in [-0.39, 0.29) is 12.1 Å². The van der Waals surface area contributed by atoms with Crippen LogP contribution in [0.2, 0.25) is 0 Å². The van der Waals surface area contributed by atoms with E-state index in [1.54, 1.807) is 23.0 Å². The van der Waals surface area contributed by atoms with Crippen molar-refractivity contribution in [2.24, 2.45) is 0 Å². The Morgan fingerprint density at radius 1 is 1.08 bits per heavy atom. The zero-order valence-corrected chi connectivity index (χ0v) is 12.5. The summed E-state index contributed by atoms with van der Waals surface area (Å²) < 4.78 is 1.58. The Morgan fingerprint density at radius 2 is 1.75 bits per heavy atom. The van der Waals surface area contributed by atoms with Gasteiger partial charge in [0.25, 0.3) is 5.69 Å². The molecular formula is C17H12N3O4-. The van der Waals surface area contributed by atoms with Gasteiger partial charge in [-0.25, -0.2) is 4.68 Å². The smallest absolute Gasteiger partial charge is 0.269 e. The first-order chi connectivity index (χ1) is 11.5. The molecule has 0 N–H and O–H groups in total. The number of carboxylic acid groups (broad SMARTS) is 1. The molecule has 7 nitrogen and oxygen atoms in total. The van der Waals surface area contributed by atoms with E-state index in [1.807, 2.05) is 30.3 Å². The standard InChI is InChI=1S/C17H13N3O4/c21-16(22)10-13-11-19(14-4-2-1-3-5-14)18-17(13)12-6-8-15(9-7-12)20(23)24/h1-9,11H,10H2,(H,21,22)/p-1. The number of carbonyl (C=O) groups excluding carboxylic acids is 1. The molecule has 3 aromatic rings. The molecule has 3 rings (SSSR count). The summed E-state index contributed by atoms with van der Waals surface area (Å²) in [5.74, 6) is -1.22. The molecule has 0 unspecified atom stereocenters. The van der Waals surface area contributed by atoms with Crippen molar-refractivity contribution < 1.29 is 14.8 Å². The molecule has 2 aromatic carbocycles. The second kappa shape index (κ2) is 6.33. The van der Waals surface area contributed by atoms with Crippen LogP contribution in [-0.4, -0.2) is 20.7 Å². The van der Waals surface area contributed by atoms with E-state index in [4.69, 9.17) is 0 Å². The number of hydrogen-bond acceptors (Lipinski definition) is 5. The predicted octanol–water partition coefficient (Wildman–Crippen LogP) is 1.74. The lowest BCUT2D eigenvalue weighted by Gasteiger charge is -2.03. The molecule has 7 heteroatoms. The SMILES string of the molecule is O=C([O-])Cc1cn(-c2ccccc2)nc1-c1ccc([N+](=O)[O-])cc1. The van der Waals surface area contributed by atoms with Crippen LogP contribution in [0, 0.1) is 10.1 Å². The fourth-order valence-electron chi connectivity index (χ4n) is 2.39. The van der Waals surface area contributed by atoms with E-state index >= 15 is 0 Å². The summed E-state index contributed by atoms with van der Waals surface area (Å²) >= 11 is 0. The van der Waals surface area contributed by atoms with Gasteiger partial charge in [-0.2, -0.15) is 5.10 Å². The number of non-ortho nitro benzene ring substituents is 1. The highest BCUT2D eigenvalue weighted by molar-refractivity contribution is 5.74. The van der Waals surface area contributed by atoms with Crippen LogP contribution < -0.4 is 5.11 Å². The number of aliphatic carboxylic acids is 1. The molecule has 0 bridgehead atoms. The van der Waals surface area contributed by atoms with Gasteiger partial charge in [-0.1, -0.05) is 18.2 Å². The molecule has 1 aromatic heterocycles. The first-order valence-corrected chi connectivity index (χ1v) is 7.13. The molecule has 0 saturated carbocycles. The zero-order valence-electron chi connectivity index (χ0n) is 12.5. The third-order valence-corrected chi connectivity index (χ3v) is 3.50. The van der Waals surface area contributed by atoms with Gasteiger partial charge < -0.3 is 9.90 Å². The largest absolute Gasteiger partial charge is 0.550 e. The number of benzene rings is 2. The van der Waals surface area contributed by atoms with Gasteiger partial charge >= 0.3 is 0 Å². The number of para-hydroxylation sites is 1. The molecule has 1 heterocycles. The minimum absolute atomic E-state index is 0.0392. The maximum Gasteiger partial charge on any atom is 0.269 e. The maximum atomic E-state index is 11.0. The summed E-state index contributed by atoms with van der Waals surface area (Å²) in [5.41, 5.74) is 2.28. The van der Waals surface area contributed by atoms with Crippen LogP contribution in [0.15, 0.2) is 60.8 Å². The molecule has 0 atom stereocenters. The first-order valence-electron chi connectivity index (χ1n) is 7.13. The summed E-state index contributed by atoms with van der Waals surface area (Å²) in [7, 11) is 0. The van der Waals surface area contributed by atoms with Crippen molar-refractivity contribution in [3.8, 4) is 16.9 Å². The van der Waals surface area contributed by atoms with Crippen LogP contribution in [-0.2, 0) is 11.2 Å². The molecule has 0 spiro atoms. The molecular weight excluding hydrogens is 310 g/mol. The summed E-state index contributed by atoms with van der Waals surface area (Å²) in [6.45, 7) is 0. The third kappa shape index (κ3) is 3.14. The normalized spacial score (nSPS) is 10.5. The summed E-state index contributed by atoms with van der Waals surface area (Å²) in [4.78, 5) is 21.3. The molecule has 0 aliphatic heterocycles. The highest BCUT2D eigenvalue weighted by Gasteiger charge is 2.14. The summed E-state index contributed by atoms with van der Waals surface area (Å²) in [6.07, 6.45) is 1.33. The molecule has 0 amide bonds. The Kier molecular flexibility index (Phi) is 4.07. The number of carboxylic acids is 1. The third-order valence-electron chi connectivity index (χ3n) is 3.50. The van der Waals surface area contributed by atoms with Crippen LogP contribution in [0.25, 0.3) is 16.9 Å². The monoisotopic (exact) mass is 322 g/mol. The van der Waals surface area contributed by atoms with Crippen LogP contribution in [0.1, 0.15) is 5.56 Å². The van der Waals surface area contributed by atoms with E-state index in [0.29, 0.717) is 16.8 Å². The van der Waals surface area contributed by atoms with Crippen molar-refractivity contribution in [2.75, 3.05) is 0 Å². The van der Waals surface area contributed by atoms with Crippen LogP contribution in [0.5, 0.6) is 0 Å². The fourth-order valence-corrected chi connectivity index (χ4v) is 2.39. The van der Waals surface area contributed by atoms with Crippen molar-refractivity contribution in [1.29, 1.82) is 0 Å². The Balaban J connectivity index is 2.06. The van der Waals surface area contributed by atoms with Gasteiger partial charge in [0.2, 0.25) is 0 Å². The Labute approximate surface area is 136 Å². The van der Waals surface area contributed by atoms with Crippen molar-refractivity contribution in [2.45, 2.75) is 6.42 Å². The first kappa shape index (κ1) is 15.4. The van der Waals surface area contributed by atoms with Crippen LogP contribution in [0.3, 0.4) is 0 Å². The lowest BCUT2D eigenvalue weighted by atomic mass is 10.1. The van der Waals surface area contributed by atoms with E-state index in [2.05, 4.69) is 5.10 Å². The number of hydrogen-bond donors (Lipinski definition) is 0. The molecule has 0 radical (unpaired) electrons. The predicted molar refractivity (Wildman–Crippen MR) is 84.4 cm³/mol. The average Bonchev–Trinajstić information content (AvgIpc) is 2.99. The molecule has 24 heavy (non-hydrogen) atoms. The molecule has 0 aliphatic carbocycles. The number of nitro benzene ring substituents is 1. The highest BCUT2D eigenvalue weighted by Crippen LogP contribution is 2.26. The number of aromatic nitrogens is 2. The van der Waals surface area contributed by atoms with Gasteiger partial charge in [0, 0.05) is 41.8 Å². The lowest BCUT2D eigenvalue weighted by molar-refractivity contribution is -0.384. The highest BCUT2D eigenvalue weighted by atomic mass is 16.6.